The third kappa shape index (κ3) is 3.91. The summed E-state index contributed by atoms with van der Waals surface area (Å²) >= 11 is 0. The summed E-state index contributed by atoms with van der Waals surface area (Å²) < 4.78 is 0. The summed E-state index contributed by atoms with van der Waals surface area (Å²) in [7, 11) is 0. The summed E-state index contributed by atoms with van der Waals surface area (Å²) in [6.07, 6.45) is 2.65. The second-order valence-corrected chi connectivity index (χ2v) is 4.69. The summed E-state index contributed by atoms with van der Waals surface area (Å²) in [4.78, 5) is 12.9. The molecule has 0 aliphatic heterocycles. The lowest BCUT2D eigenvalue weighted by Crippen LogP contribution is -2.10. The lowest BCUT2D eigenvalue weighted by molar-refractivity contribution is 0.776. The molecule has 5 nitrogen and oxygen atoms in total. The highest BCUT2D eigenvalue weighted by Crippen LogP contribution is 2.14. The fourth-order valence-electron chi connectivity index (χ4n) is 1.70. The van der Waals surface area contributed by atoms with Crippen LogP contribution in [0.2, 0.25) is 0 Å². The van der Waals surface area contributed by atoms with E-state index < -0.39 is 0 Å². The molecule has 0 aromatic carbocycles. The van der Waals surface area contributed by atoms with E-state index in [4.69, 9.17) is 5.73 Å². The Morgan fingerprint density at radius 1 is 1.26 bits per heavy atom. The number of rotatable bonds is 5. The number of nitrogens with zero attached hydrogens (tertiary/aromatic N) is 3. The molecule has 0 saturated carbocycles. The van der Waals surface area contributed by atoms with Gasteiger partial charge in [0.2, 0.25) is 0 Å². The highest BCUT2D eigenvalue weighted by molar-refractivity contribution is 5.44. The third-order valence-corrected chi connectivity index (χ3v) is 2.69. The minimum atomic E-state index is 0.264. The summed E-state index contributed by atoms with van der Waals surface area (Å²) in [5.41, 5.74) is 6.83. The highest BCUT2D eigenvalue weighted by Gasteiger charge is 2.06. The molecule has 0 atom stereocenters. The fourth-order valence-corrected chi connectivity index (χ4v) is 1.70. The molecule has 0 saturated heterocycles. The highest BCUT2D eigenvalue weighted by atomic mass is 15.0. The summed E-state index contributed by atoms with van der Waals surface area (Å²) in [6.45, 7) is 4.86. The average Bonchev–Trinajstić information content (AvgIpc) is 2.39. The number of pyridine rings is 1. The molecule has 0 aliphatic rings. The van der Waals surface area contributed by atoms with Crippen molar-refractivity contribution in [2.45, 2.75) is 26.2 Å². The van der Waals surface area contributed by atoms with Gasteiger partial charge in [-0.1, -0.05) is 19.9 Å². The van der Waals surface area contributed by atoms with E-state index in [1.54, 1.807) is 12.3 Å². The number of nitrogens with two attached hydrogens (primary N) is 1. The molecule has 100 valence electrons. The standard InChI is InChI=1S/C14H19N5/c1-10(2)14-18-12(15)9-13(19-14)17-8-6-11-5-3-4-7-16-11/h3-5,7,9-10H,6,8H2,1-2H3,(H3,15,17,18,19). The predicted octanol–water partition coefficient (Wildman–Crippen LogP) is 2.23. The Morgan fingerprint density at radius 3 is 2.79 bits per heavy atom. The average molecular weight is 257 g/mol. The molecule has 0 fully saturated rings. The van der Waals surface area contributed by atoms with E-state index in [1.165, 1.54) is 0 Å². The van der Waals surface area contributed by atoms with Crippen LogP contribution >= 0.6 is 0 Å². The van der Waals surface area contributed by atoms with Crippen molar-refractivity contribution < 1.29 is 0 Å². The number of hydrogen-bond donors (Lipinski definition) is 2. The van der Waals surface area contributed by atoms with E-state index in [-0.39, 0.29) is 5.92 Å². The second-order valence-electron chi connectivity index (χ2n) is 4.69. The van der Waals surface area contributed by atoms with Crippen LogP contribution in [-0.4, -0.2) is 21.5 Å². The third-order valence-electron chi connectivity index (χ3n) is 2.69. The molecule has 0 bridgehead atoms. The van der Waals surface area contributed by atoms with E-state index >= 15 is 0 Å². The van der Waals surface area contributed by atoms with Crippen LogP contribution in [0.15, 0.2) is 30.5 Å². The maximum atomic E-state index is 5.78. The first-order chi connectivity index (χ1) is 9.15. The van der Waals surface area contributed by atoms with E-state index in [1.807, 2.05) is 32.0 Å². The lowest BCUT2D eigenvalue weighted by atomic mass is 10.2. The van der Waals surface area contributed by atoms with Crippen LogP contribution in [0.3, 0.4) is 0 Å². The van der Waals surface area contributed by atoms with E-state index in [0.29, 0.717) is 5.82 Å². The quantitative estimate of drug-likeness (QED) is 0.859. The van der Waals surface area contributed by atoms with Crippen molar-refractivity contribution in [2.24, 2.45) is 0 Å². The van der Waals surface area contributed by atoms with Gasteiger partial charge in [0.15, 0.2) is 0 Å². The second kappa shape index (κ2) is 6.13. The molecular formula is C14H19N5. The van der Waals surface area contributed by atoms with E-state index in [2.05, 4.69) is 20.3 Å². The van der Waals surface area contributed by atoms with Crippen molar-refractivity contribution in [3.8, 4) is 0 Å². The number of nitrogens with one attached hydrogen (secondary N) is 1. The molecule has 0 amide bonds. The van der Waals surface area contributed by atoms with Crippen molar-refractivity contribution in [3.63, 3.8) is 0 Å². The zero-order valence-corrected chi connectivity index (χ0v) is 11.3. The smallest absolute Gasteiger partial charge is 0.135 e. The number of nitrogen functional groups attached to an aromatic ring is 1. The molecule has 2 aromatic rings. The topological polar surface area (TPSA) is 76.7 Å². The Hall–Kier alpha value is -2.17. The van der Waals surface area contributed by atoms with Crippen LogP contribution in [0.1, 0.15) is 31.3 Å². The molecular weight excluding hydrogens is 238 g/mol. The van der Waals surface area contributed by atoms with Gasteiger partial charge in [0.25, 0.3) is 0 Å². The Morgan fingerprint density at radius 2 is 2.11 bits per heavy atom. The van der Waals surface area contributed by atoms with Gasteiger partial charge in [-0.3, -0.25) is 4.98 Å². The van der Waals surface area contributed by atoms with Crippen molar-refractivity contribution in [1.82, 2.24) is 15.0 Å². The Kier molecular flexibility index (Phi) is 4.28. The number of anilines is 2. The maximum absolute atomic E-state index is 5.78. The first kappa shape index (κ1) is 13.3. The van der Waals surface area contributed by atoms with Crippen LogP contribution < -0.4 is 11.1 Å². The SMILES string of the molecule is CC(C)c1nc(N)cc(NCCc2ccccn2)n1. The molecule has 0 radical (unpaired) electrons. The van der Waals surface area contributed by atoms with Gasteiger partial charge in [-0.25, -0.2) is 9.97 Å². The summed E-state index contributed by atoms with van der Waals surface area (Å²) in [5, 5.41) is 3.26. The monoisotopic (exact) mass is 257 g/mol. The molecule has 0 aliphatic carbocycles. The molecule has 3 N–H and O–H groups in total. The fraction of sp³-hybridized carbons (Fsp3) is 0.357. The largest absolute Gasteiger partial charge is 0.384 e. The lowest BCUT2D eigenvalue weighted by Gasteiger charge is -2.09. The van der Waals surface area contributed by atoms with Gasteiger partial charge in [-0.05, 0) is 12.1 Å². The van der Waals surface area contributed by atoms with Gasteiger partial charge in [0.05, 0.1) is 0 Å². The molecule has 2 aromatic heterocycles. The van der Waals surface area contributed by atoms with Crippen LogP contribution in [0.5, 0.6) is 0 Å². The molecule has 19 heavy (non-hydrogen) atoms. The molecule has 0 unspecified atom stereocenters. The first-order valence-corrected chi connectivity index (χ1v) is 6.43. The van der Waals surface area contributed by atoms with Crippen molar-refractivity contribution in [2.75, 3.05) is 17.6 Å². The van der Waals surface area contributed by atoms with Gasteiger partial charge < -0.3 is 11.1 Å². The molecule has 0 spiro atoms. The zero-order chi connectivity index (χ0) is 13.7. The van der Waals surface area contributed by atoms with Gasteiger partial charge in [-0.2, -0.15) is 0 Å². The van der Waals surface area contributed by atoms with Gasteiger partial charge in [0.1, 0.15) is 17.5 Å². The number of hydrogen-bond acceptors (Lipinski definition) is 5. The summed E-state index contributed by atoms with van der Waals surface area (Å²) in [5.74, 6) is 2.30. The minimum absolute atomic E-state index is 0.264. The van der Waals surface area contributed by atoms with Gasteiger partial charge in [0, 0.05) is 36.8 Å². The van der Waals surface area contributed by atoms with Crippen LogP contribution in [0.4, 0.5) is 11.6 Å². The van der Waals surface area contributed by atoms with E-state index in [9.17, 15) is 0 Å². The Labute approximate surface area is 113 Å². The van der Waals surface area contributed by atoms with Crippen LogP contribution in [-0.2, 0) is 6.42 Å². The maximum Gasteiger partial charge on any atom is 0.135 e. The molecule has 5 heteroatoms. The van der Waals surface area contributed by atoms with Crippen LogP contribution in [0, 0.1) is 0 Å². The number of aromatic nitrogens is 3. The van der Waals surface area contributed by atoms with Gasteiger partial charge in [-0.15, -0.1) is 0 Å². The van der Waals surface area contributed by atoms with Crippen molar-refractivity contribution in [3.05, 3.63) is 42.0 Å². The Bertz CT molecular complexity index is 525. The van der Waals surface area contributed by atoms with Crippen LogP contribution in [0.25, 0.3) is 0 Å². The van der Waals surface area contributed by atoms with Crippen molar-refractivity contribution in [1.29, 1.82) is 0 Å². The van der Waals surface area contributed by atoms with Gasteiger partial charge >= 0.3 is 0 Å². The molecule has 2 heterocycles. The first-order valence-electron chi connectivity index (χ1n) is 6.43. The molecule has 2 rings (SSSR count). The predicted molar refractivity (Wildman–Crippen MR) is 77.0 cm³/mol. The Balaban J connectivity index is 1.96. The van der Waals surface area contributed by atoms with Crippen molar-refractivity contribution >= 4 is 11.6 Å². The minimum Gasteiger partial charge on any atom is -0.384 e. The zero-order valence-electron chi connectivity index (χ0n) is 11.3. The normalized spacial score (nSPS) is 10.7. The summed E-state index contributed by atoms with van der Waals surface area (Å²) in [6, 6.07) is 7.67. The van der Waals surface area contributed by atoms with E-state index in [0.717, 1.165) is 30.3 Å².